The van der Waals surface area contributed by atoms with Crippen molar-refractivity contribution in [3.63, 3.8) is 0 Å². The Bertz CT molecular complexity index is 324. The first kappa shape index (κ1) is 14.1. The van der Waals surface area contributed by atoms with Crippen LogP contribution in [0.1, 0.15) is 38.9 Å². The van der Waals surface area contributed by atoms with Gasteiger partial charge in [0.15, 0.2) is 0 Å². The highest BCUT2D eigenvalue weighted by atomic mass is 16.5. The fourth-order valence-corrected chi connectivity index (χ4v) is 2.17. The van der Waals surface area contributed by atoms with Crippen LogP contribution in [-0.2, 0) is 11.3 Å². The summed E-state index contributed by atoms with van der Waals surface area (Å²) in [5.41, 5.74) is 1.09. The number of likely N-dealkylation sites (N-methyl/N-ethyl adjacent to an activating group) is 1. The third kappa shape index (κ3) is 3.26. The topological polar surface area (TPSA) is 52.0 Å². The Morgan fingerprint density at radius 2 is 2.18 bits per heavy atom. The summed E-state index contributed by atoms with van der Waals surface area (Å²) in [5, 5.41) is 11.4. The lowest BCUT2D eigenvalue weighted by molar-refractivity contribution is 0.0323. The molecule has 98 valence electrons. The second-order valence-corrected chi connectivity index (χ2v) is 4.59. The number of methoxy groups -OCH3 is 1. The van der Waals surface area contributed by atoms with Crippen molar-refractivity contribution in [2.24, 2.45) is 5.92 Å². The van der Waals surface area contributed by atoms with Gasteiger partial charge in [0.25, 0.3) is 0 Å². The highest BCUT2D eigenvalue weighted by molar-refractivity contribution is 5.05. The standard InChI is InChI=1S/C12H24N4O/c1-6-7-16-10(8-14-15-16)11(13-4)12(17-5)9(2)3/h8-9,11-13H,6-7H2,1-5H3. The van der Waals surface area contributed by atoms with Crippen molar-refractivity contribution in [1.82, 2.24) is 20.3 Å². The van der Waals surface area contributed by atoms with E-state index in [1.54, 1.807) is 7.11 Å². The minimum absolute atomic E-state index is 0.120. The van der Waals surface area contributed by atoms with Crippen molar-refractivity contribution in [2.45, 2.75) is 45.9 Å². The van der Waals surface area contributed by atoms with Gasteiger partial charge in [0.05, 0.1) is 24.0 Å². The highest BCUT2D eigenvalue weighted by Crippen LogP contribution is 2.23. The van der Waals surface area contributed by atoms with Crippen molar-refractivity contribution in [1.29, 1.82) is 0 Å². The summed E-state index contributed by atoms with van der Waals surface area (Å²) in [4.78, 5) is 0. The van der Waals surface area contributed by atoms with Crippen LogP contribution in [0.25, 0.3) is 0 Å². The van der Waals surface area contributed by atoms with Crippen LogP contribution in [0.5, 0.6) is 0 Å². The molecule has 0 amide bonds. The van der Waals surface area contributed by atoms with E-state index in [0.717, 1.165) is 18.7 Å². The molecule has 0 aliphatic carbocycles. The van der Waals surface area contributed by atoms with Gasteiger partial charge in [-0.25, -0.2) is 4.68 Å². The zero-order valence-corrected chi connectivity index (χ0v) is 11.5. The molecule has 0 saturated heterocycles. The first-order valence-corrected chi connectivity index (χ1v) is 6.24. The summed E-state index contributed by atoms with van der Waals surface area (Å²) in [6, 6.07) is 0.126. The number of aromatic nitrogens is 3. The Morgan fingerprint density at radius 3 is 2.65 bits per heavy atom. The summed E-state index contributed by atoms with van der Waals surface area (Å²) >= 11 is 0. The molecule has 0 bridgehead atoms. The Kier molecular flexibility index (Phi) is 5.58. The molecule has 2 atom stereocenters. The summed E-state index contributed by atoms with van der Waals surface area (Å²) in [5.74, 6) is 0.433. The van der Waals surface area contributed by atoms with Gasteiger partial charge in [-0.15, -0.1) is 5.10 Å². The molecule has 0 fully saturated rings. The molecule has 5 nitrogen and oxygen atoms in total. The summed E-state index contributed by atoms with van der Waals surface area (Å²) in [7, 11) is 3.70. The van der Waals surface area contributed by atoms with Crippen LogP contribution < -0.4 is 5.32 Å². The highest BCUT2D eigenvalue weighted by Gasteiger charge is 2.27. The molecule has 0 aromatic carbocycles. The number of nitrogens with one attached hydrogen (secondary N) is 1. The average Bonchev–Trinajstić information content (AvgIpc) is 2.73. The number of rotatable bonds is 7. The molecule has 1 aromatic rings. The Morgan fingerprint density at radius 1 is 1.47 bits per heavy atom. The molecule has 1 rings (SSSR count). The van der Waals surface area contributed by atoms with Crippen LogP contribution in [0, 0.1) is 5.92 Å². The number of hydrogen-bond acceptors (Lipinski definition) is 4. The minimum Gasteiger partial charge on any atom is -0.379 e. The van der Waals surface area contributed by atoms with Gasteiger partial charge in [-0.1, -0.05) is 26.0 Å². The lowest BCUT2D eigenvalue weighted by Gasteiger charge is -2.28. The lowest BCUT2D eigenvalue weighted by atomic mass is 9.97. The maximum Gasteiger partial charge on any atom is 0.0804 e. The second-order valence-electron chi connectivity index (χ2n) is 4.59. The van der Waals surface area contributed by atoms with Gasteiger partial charge in [0.1, 0.15) is 0 Å². The third-order valence-corrected chi connectivity index (χ3v) is 2.97. The fraction of sp³-hybridized carbons (Fsp3) is 0.833. The van der Waals surface area contributed by atoms with E-state index in [4.69, 9.17) is 4.74 Å². The van der Waals surface area contributed by atoms with E-state index in [2.05, 4.69) is 36.4 Å². The Labute approximate surface area is 104 Å². The number of nitrogens with zero attached hydrogens (tertiary/aromatic N) is 3. The van der Waals surface area contributed by atoms with Crippen LogP contribution in [-0.4, -0.2) is 35.3 Å². The van der Waals surface area contributed by atoms with Gasteiger partial charge in [0.2, 0.25) is 0 Å². The molecule has 0 radical (unpaired) electrons. The SMILES string of the molecule is CCCn1nncc1C(NC)C(OC)C(C)C. The smallest absolute Gasteiger partial charge is 0.0804 e. The van der Waals surface area contributed by atoms with E-state index < -0.39 is 0 Å². The van der Waals surface area contributed by atoms with Crippen molar-refractivity contribution < 1.29 is 4.74 Å². The first-order chi connectivity index (χ1) is 8.15. The molecule has 0 saturated carbocycles. The van der Waals surface area contributed by atoms with E-state index in [9.17, 15) is 0 Å². The number of hydrogen-bond donors (Lipinski definition) is 1. The molecule has 0 spiro atoms. The van der Waals surface area contributed by atoms with Crippen LogP contribution in [0.2, 0.25) is 0 Å². The molecule has 1 N–H and O–H groups in total. The molecule has 0 aliphatic rings. The van der Waals surface area contributed by atoms with Gasteiger partial charge >= 0.3 is 0 Å². The summed E-state index contributed by atoms with van der Waals surface area (Å²) in [6.45, 7) is 7.34. The fourth-order valence-electron chi connectivity index (χ4n) is 2.17. The van der Waals surface area contributed by atoms with Crippen LogP contribution in [0.3, 0.4) is 0 Å². The van der Waals surface area contributed by atoms with Crippen molar-refractivity contribution in [3.05, 3.63) is 11.9 Å². The van der Waals surface area contributed by atoms with Crippen molar-refractivity contribution in [2.75, 3.05) is 14.2 Å². The van der Waals surface area contributed by atoms with E-state index >= 15 is 0 Å². The molecule has 1 aromatic heterocycles. The molecule has 5 heteroatoms. The molecule has 1 heterocycles. The van der Waals surface area contributed by atoms with Crippen LogP contribution in [0.4, 0.5) is 0 Å². The van der Waals surface area contributed by atoms with Crippen molar-refractivity contribution in [3.8, 4) is 0 Å². The monoisotopic (exact) mass is 240 g/mol. The zero-order valence-electron chi connectivity index (χ0n) is 11.5. The van der Waals surface area contributed by atoms with Gasteiger partial charge in [-0.2, -0.15) is 0 Å². The predicted molar refractivity (Wildman–Crippen MR) is 67.7 cm³/mol. The normalized spacial score (nSPS) is 15.2. The number of ether oxygens (including phenoxy) is 1. The first-order valence-electron chi connectivity index (χ1n) is 6.24. The van der Waals surface area contributed by atoms with Gasteiger partial charge < -0.3 is 10.1 Å². The van der Waals surface area contributed by atoms with Gasteiger partial charge in [-0.05, 0) is 19.4 Å². The second kappa shape index (κ2) is 6.71. The molecule has 17 heavy (non-hydrogen) atoms. The minimum atomic E-state index is 0.120. The number of aryl methyl sites for hydroxylation is 1. The molecule has 0 aliphatic heterocycles. The van der Waals surface area contributed by atoms with E-state index in [0.29, 0.717) is 5.92 Å². The predicted octanol–water partition coefficient (Wildman–Crippen LogP) is 1.62. The van der Waals surface area contributed by atoms with Crippen LogP contribution in [0.15, 0.2) is 6.20 Å². The maximum absolute atomic E-state index is 5.59. The average molecular weight is 240 g/mol. The van der Waals surface area contributed by atoms with Gasteiger partial charge in [-0.3, -0.25) is 0 Å². The lowest BCUT2D eigenvalue weighted by Crippen LogP contribution is -2.36. The molecule has 2 unspecified atom stereocenters. The van der Waals surface area contributed by atoms with Crippen molar-refractivity contribution >= 4 is 0 Å². The van der Waals surface area contributed by atoms with E-state index in [1.807, 2.05) is 17.9 Å². The van der Waals surface area contributed by atoms with E-state index in [-0.39, 0.29) is 12.1 Å². The largest absolute Gasteiger partial charge is 0.379 e. The Hall–Kier alpha value is -0.940. The maximum atomic E-state index is 5.59. The molecular weight excluding hydrogens is 216 g/mol. The quantitative estimate of drug-likeness (QED) is 0.787. The zero-order chi connectivity index (χ0) is 12.8. The summed E-state index contributed by atoms with van der Waals surface area (Å²) < 4.78 is 7.54. The van der Waals surface area contributed by atoms with Gasteiger partial charge in [0, 0.05) is 13.7 Å². The van der Waals surface area contributed by atoms with E-state index in [1.165, 1.54) is 0 Å². The molecular formula is C12H24N4O. The van der Waals surface area contributed by atoms with Crippen LogP contribution >= 0.6 is 0 Å². The Balaban J connectivity index is 2.95. The summed E-state index contributed by atoms with van der Waals surface area (Å²) in [6.07, 6.45) is 2.99. The third-order valence-electron chi connectivity index (χ3n) is 2.97.